The van der Waals surface area contributed by atoms with E-state index in [0.29, 0.717) is 5.57 Å². The van der Waals surface area contributed by atoms with Gasteiger partial charge in [0.2, 0.25) is 0 Å². The molecular weight excluding hydrogens is 342 g/mol. The van der Waals surface area contributed by atoms with Crippen molar-refractivity contribution in [3.8, 4) is 0 Å². The third kappa shape index (κ3) is 4.89. The highest BCUT2D eigenvalue weighted by Gasteiger charge is 2.28. The van der Waals surface area contributed by atoms with Crippen molar-refractivity contribution in [1.82, 2.24) is 4.90 Å². The summed E-state index contributed by atoms with van der Waals surface area (Å²) in [6.45, 7) is 14.5. The monoisotopic (exact) mass is 373 g/mol. The number of rotatable bonds is 7. The Balaban J connectivity index is 2.86. The van der Waals surface area contributed by atoms with Crippen LogP contribution in [0.3, 0.4) is 0 Å². The average Bonchev–Trinajstić information content (AvgIpc) is 2.66. The first-order valence-electron chi connectivity index (χ1n) is 9.88. The summed E-state index contributed by atoms with van der Waals surface area (Å²) in [5.41, 5.74) is 4.29. The van der Waals surface area contributed by atoms with E-state index in [1.165, 1.54) is 0 Å². The topological polar surface area (TPSA) is 20.3 Å². The lowest BCUT2D eigenvalue weighted by Gasteiger charge is -2.33. The predicted octanol–water partition coefficient (Wildman–Crippen LogP) is 6.38. The van der Waals surface area contributed by atoms with Crippen LogP contribution in [0.2, 0.25) is 0 Å². The highest BCUT2D eigenvalue weighted by molar-refractivity contribution is 6.29. The summed E-state index contributed by atoms with van der Waals surface area (Å²) in [7, 11) is 0. The van der Waals surface area contributed by atoms with Gasteiger partial charge in [0, 0.05) is 17.7 Å². The molecule has 2 rings (SSSR count). The predicted molar refractivity (Wildman–Crippen MR) is 121 cm³/mol. The highest BCUT2D eigenvalue weighted by Crippen LogP contribution is 2.34. The molecule has 0 aliphatic carbocycles. The van der Waals surface area contributed by atoms with Gasteiger partial charge >= 0.3 is 0 Å². The van der Waals surface area contributed by atoms with E-state index in [-0.39, 0.29) is 18.0 Å². The van der Waals surface area contributed by atoms with Crippen molar-refractivity contribution in [2.75, 3.05) is 0 Å². The van der Waals surface area contributed by atoms with Gasteiger partial charge in [-0.3, -0.25) is 4.79 Å². The summed E-state index contributed by atoms with van der Waals surface area (Å²) in [4.78, 5) is 15.8. The lowest BCUT2D eigenvalue weighted by molar-refractivity contribution is -0.128. The van der Waals surface area contributed by atoms with Crippen LogP contribution in [-0.4, -0.2) is 22.9 Å². The van der Waals surface area contributed by atoms with Crippen molar-refractivity contribution in [3.63, 3.8) is 0 Å². The Bertz CT molecular complexity index is 850. The molecule has 146 valence electrons. The lowest BCUT2D eigenvalue weighted by Crippen LogP contribution is -2.42. The third-order valence-electron chi connectivity index (χ3n) is 4.62. The SMILES string of the molecule is C=C(/C=C/C)/C(=C(/C(=O)N(C(C)C)C(C)C)c1ccccc1)c1ccccc1. The van der Waals surface area contributed by atoms with Gasteiger partial charge in [0.25, 0.3) is 5.91 Å². The number of nitrogens with zero attached hydrogens (tertiary/aromatic N) is 1. The van der Waals surface area contributed by atoms with E-state index >= 15 is 0 Å². The van der Waals surface area contributed by atoms with E-state index in [0.717, 1.165) is 22.3 Å². The average molecular weight is 374 g/mol. The van der Waals surface area contributed by atoms with Crippen LogP contribution in [0.1, 0.15) is 45.7 Å². The maximum Gasteiger partial charge on any atom is 0.255 e. The number of carbonyl (C=O) groups excluding carboxylic acids is 1. The summed E-state index contributed by atoms with van der Waals surface area (Å²) >= 11 is 0. The number of hydrogen-bond acceptors (Lipinski definition) is 1. The molecule has 0 atom stereocenters. The molecule has 0 radical (unpaired) electrons. The summed E-state index contributed by atoms with van der Waals surface area (Å²) in [5, 5.41) is 0. The van der Waals surface area contributed by atoms with Crippen LogP contribution in [0.15, 0.2) is 85.0 Å². The van der Waals surface area contributed by atoms with Gasteiger partial charge in [-0.2, -0.15) is 0 Å². The van der Waals surface area contributed by atoms with Crippen LogP contribution in [-0.2, 0) is 4.79 Å². The zero-order valence-corrected chi connectivity index (χ0v) is 17.6. The Morgan fingerprint density at radius 2 is 1.25 bits per heavy atom. The minimum atomic E-state index is 0.0284. The summed E-state index contributed by atoms with van der Waals surface area (Å²) in [5.74, 6) is 0.0284. The Hall–Kier alpha value is -2.87. The number of allylic oxidation sites excluding steroid dienone is 4. The number of carbonyl (C=O) groups is 1. The second kappa shape index (κ2) is 9.89. The van der Waals surface area contributed by atoms with Gasteiger partial charge in [-0.05, 0) is 51.3 Å². The largest absolute Gasteiger partial charge is 0.334 e. The Kier molecular flexibility index (Phi) is 7.57. The molecule has 0 N–H and O–H groups in total. The molecule has 0 fully saturated rings. The van der Waals surface area contributed by atoms with Gasteiger partial charge in [-0.1, -0.05) is 79.4 Å². The van der Waals surface area contributed by atoms with Crippen molar-refractivity contribution in [1.29, 1.82) is 0 Å². The molecule has 0 spiro atoms. The molecule has 2 heteroatoms. The fraction of sp³-hybridized carbons (Fsp3) is 0.269. The molecule has 0 unspecified atom stereocenters. The Morgan fingerprint density at radius 1 is 0.821 bits per heavy atom. The molecule has 0 aromatic heterocycles. The molecule has 0 aliphatic rings. The van der Waals surface area contributed by atoms with Crippen LogP contribution < -0.4 is 0 Å². The van der Waals surface area contributed by atoms with E-state index in [1.807, 2.05) is 84.6 Å². The van der Waals surface area contributed by atoms with Gasteiger partial charge in [-0.25, -0.2) is 0 Å². The van der Waals surface area contributed by atoms with Crippen LogP contribution in [0.25, 0.3) is 11.1 Å². The zero-order valence-electron chi connectivity index (χ0n) is 17.6. The van der Waals surface area contributed by atoms with Crippen LogP contribution in [0.5, 0.6) is 0 Å². The van der Waals surface area contributed by atoms with Gasteiger partial charge in [0.15, 0.2) is 0 Å². The number of hydrogen-bond donors (Lipinski definition) is 0. The van der Waals surface area contributed by atoms with E-state index in [4.69, 9.17) is 0 Å². The maximum atomic E-state index is 13.9. The fourth-order valence-electron chi connectivity index (χ4n) is 3.55. The molecule has 28 heavy (non-hydrogen) atoms. The van der Waals surface area contributed by atoms with Gasteiger partial charge in [-0.15, -0.1) is 0 Å². The standard InChI is InChI=1S/C26H31NO/c1-7-14-21(6)24(22-15-10-8-11-16-22)25(23-17-12-9-13-18-23)26(28)27(19(2)3)20(4)5/h7-20H,6H2,1-5H3/b14-7+,25-24-. The van der Waals surface area contributed by atoms with E-state index in [9.17, 15) is 4.79 Å². The van der Waals surface area contributed by atoms with E-state index in [2.05, 4.69) is 34.3 Å². The molecule has 0 saturated carbocycles. The molecule has 0 heterocycles. The second-order valence-electron chi connectivity index (χ2n) is 7.41. The zero-order chi connectivity index (χ0) is 20.7. The quantitative estimate of drug-likeness (QED) is 0.313. The van der Waals surface area contributed by atoms with Crippen molar-refractivity contribution in [3.05, 3.63) is 96.1 Å². The normalized spacial score (nSPS) is 12.4. The minimum absolute atomic E-state index is 0.0284. The van der Waals surface area contributed by atoms with Crippen molar-refractivity contribution < 1.29 is 4.79 Å². The molecule has 0 aliphatic heterocycles. The maximum absolute atomic E-state index is 13.9. The van der Waals surface area contributed by atoms with Crippen LogP contribution in [0, 0.1) is 0 Å². The second-order valence-corrected chi connectivity index (χ2v) is 7.41. The highest BCUT2D eigenvalue weighted by atomic mass is 16.2. The number of amides is 1. The molecule has 1 amide bonds. The molecule has 2 aromatic rings. The molecular formula is C26H31NO. The molecule has 2 nitrogen and oxygen atoms in total. The van der Waals surface area contributed by atoms with Crippen molar-refractivity contribution in [2.24, 2.45) is 0 Å². The number of benzene rings is 2. The summed E-state index contributed by atoms with van der Waals surface area (Å²) in [6, 6.07) is 20.1. The summed E-state index contributed by atoms with van der Waals surface area (Å²) in [6.07, 6.45) is 3.93. The van der Waals surface area contributed by atoms with Gasteiger partial charge in [0.05, 0.1) is 5.57 Å². The Morgan fingerprint density at radius 3 is 1.64 bits per heavy atom. The smallest absolute Gasteiger partial charge is 0.255 e. The van der Waals surface area contributed by atoms with E-state index in [1.54, 1.807) is 0 Å². The first-order valence-corrected chi connectivity index (χ1v) is 9.88. The first-order chi connectivity index (χ1) is 13.4. The van der Waals surface area contributed by atoms with Gasteiger partial charge in [0.1, 0.15) is 0 Å². The van der Waals surface area contributed by atoms with E-state index < -0.39 is 0 Å². The molecule has 2 aromatic carbocycles. The van der Waals surface area contributed by atoms with Crippen molar-refractivity contribution >= 4 is 17.1 Å². The van der Waals surface area contributed by atoms with Crippen LogP contribution in [0.4, 0.5) is 0 Å². The minimum Gasteiger partial charge on any atom is -0.334 e. The Labute approximate surface area is 169 Å². The first kappa shape index (κ1) is 21.4. The summed E-state index contributed by atoms with van der Waals surface area (Å²) < 4.78 is 0. The lowest BCUT2D eigenvalue weighted by atomic mass is 9.88. The van der Waals surface area contributed by atoms with Crippen LogP contribution >= 0.6 is 0 Å². The molecule has 0 bridgehead atoms. The molecule has 0 saturated heterocycles. The van der Waals surface area contributed by atoms with Crippen molar-refractivity contribution in [2.45, 2.75) is 46.7 Å². The fourth-order valence-corrected chi connectivity index (χ4v) is 3.55. The van der Waals surface area contributed by atoms with Gasteiger partial charge < -0.3 is 4.90 Å². The third-order valence-corrected chi connectivity index (χ3v) is 4.62.